The Labute approximate surface area is 124 Å². The van der Waals surface area contributed by atoms with Gasteiger partial charge < -0.3 is 10.4 Å². The molecule has 1 aromatic rings. The third-order valence-electron chi connectivity index (χ3n) is 3.16. The van der Waals surface area contributed by atoms with Crippen LogP contribution in [0.15, 0.2) is 24.3 Å². The Morgan fingerprint density at radius 1 is 1.40 bits per heavy atom. The van der Waals surface area contributed by atoms with E-state index in [1.54, 1.807) is 26.8 Å². The van der Waals surface area contributed by atoms with Crippen molar-refractivity contribution < 1.29 is 14.7 Å². The number of aliphatic carboxylic acids is 1. The Kier molecular flexibility index (Phi) is 5.57. The summed E-state index contributed by atoms with van der Waals surface area (Å²) in [6.07, 6.45) is 0.851. The number of carbonyl (C=O) groups excluding carboxylic acids is 1. The predicted octanol–water partition coefficient (Wildman–Crippen LogP) is 2.89. The van der Waals surface area contributed by atoms with Gasteiger partial charge in [0.15, 0.2) is 0 Å². The molecule has 0 radical (unpaired) electrons. The van der Waals surface area contributed by atoms with Crippen molar-refractivity contribution in [3.8, 4) is 0 Å². The summed E-state index contributed by atoms with van der Waals surface area (Å²) in [5, 5.41) is 12.2. The molecule has 2 N–H and O–H groups in total. The predicted molar refractivity (Wildman–Crippen MR) is 78.8 cm³/mol. The Balaban J connectivity index is 2.77. The Morgan fingerprint density at radius 3 is 2.55 bits per heavy atom. The van der Waals surface area contributed by atoms with Gasteiger partial charge in [-0.15, -0.1) is 0 Å². The lowest BCUT2D eigenvalue weighted by Gasteiger charge is -2.25. The zero-order chi connectivity index (χ0) is 15.3. The zero-order valence-electron chi connectivity index (χ0n) is 11.9. The van der Waals surface area contributed by atoms with Crippen molar-refractivity contribution in [3.05, 3.63) is 34.9 Å². The fourth-order valence-electron chi connectivity index (χ4n) is 1.93. The molecule has 1 unspecified atom stereocenters. The fourth-order valence-corrected chi connectivity index (χ4v) is 2.14. The normalized spacial score (nSPS) is 12.8. The molecule has 0 aromatic heterocycles. The average molecular weight is 298 g/mol. The molecule has 110 valence electrons. The van der Waals surface area contributed by atoms with Crippen molar-refractivity contribution >= 4 is 23.5 Å². The summed E-state index contributed by atoms with van der Waals surface area (Å²) in [5.74, 6) is -1.29. The molecule has 1 aromatic carbocycles. The van der Waals surface area contributed by atoms with Crippen LogP contribution in [0.1, 0.15) is 32.8 Å². The van der Waals surface area contributed by atoms with E-state index in [-0.39, 0.29) is 5.91 Å². The number of carboxylic acids is 1. The van der Waals surface area contributed by atoms with Crippen LogP contribution in [-0.2, 0) is 16.0 Å². The van der Waals surface area contributed by atoms with Crippen LogP contribution in [0.2, 0.25) is 5.02 Å². The topological polar surface area (TPSA) is 66.4 Å². The zero-order valence-corrected chi connectivity index (χ0v) is 12.7. The molecule has 0 spiro atoms. The van der Waals surface area contributed by atoms with Gasteiger partial charge >= 0.3 is 5.97 Å². The first kappa shape index (κ1) is 16.5. The number of hydrogen-bond donors (Lipinski definition) is 2. The number of nitrogens with one attached hydrogen (secondary N) is 1. The number of amides is 1. The number of benzene rings is 1. The van der Waals surface area contributed by atoms with Crippen LogP contribution in [0.5, 0.6) is 0 Å². The smallest absolute Gasteiger partial charge is 0.326 e. The minimum atomic E-state index is -1.01. The van der Waals surface area contributed by atoms with Crippen molar-refractivity contribution in [1.82, 2.24) is 5.32 Å². The molecule has 0 aliphatic rings. The molecule has 0 heterocycles. The monoisotopic (exact) mass is 297 g/mol. The first-order chi connectivity index (χ1) is 9.26. The van der Waals surface area contributed by atoms with Gasteiger partial charge in [0.2, 0.25) is 5.91 Å². The summed E-state index contributed by atoms with van der Waals surface area (Å²) in [6.45, 7) is 5.30. The maximum atomic E-state index is 12.2. The summed E-state index contributed by atoms with van der Waals surface area (Å²) in [5.41, 5.74) is 0.245. The van der Waals surface area contributed by atoms with E-state index in [4.69, 9.17) is 16.7 Å². The third-order valence-corrected chi connectivity index (χ3v) is 3.40. The maximum Gasteiger partial charge on any atom is 0.326 e. The lowest BCUT2D eigenvalue weighted by atomic mass is 9.84. The molecular formula is C15H20ClNO3. The van der Waals surface area contributed by atoms with Crippen molar-refractivity contribution in [1.29, 1.82) is 0 Å². The van der Waals surface area contributed by atoms with Crippen LogP contribution in [0, 0.1) is 5.41 Å². The quantitative estimate of drug-likeness (QED) is 0.848. The maximum absolute atomic E-state index is 12.2. The minimum absolute atomic E-state index is 0.272. The van der Waals surface area contributed by atoms with Gasteiger partial charge in [0, 0.05) is 10.4 Å². The summed E-state index contributed by atoms with van der Waals surface area (Å²) in [4.78, 5) is 23.2. The number of carboxylic acid groups (broad SMARTS) is 1. The van der Waals surface area contributed by atoms with E-state index < -0.39 is 17.4 Å². The lowest BCUT2D eigenvalue weighted by molar-refractivity contribution is -0.143. The Hall–Kier alpha value is -1.55. The first-order valence-corrected chi connectivity index (χ1v) is 6.92. The second-order valence-electron chi connectivity index (χ2n) is 5.46. The van der Waals surface area contributed by atoms with Crippen molar-refractivity contribution in [2.24, 2.45) is 5.41 Å². The van der Waals surface area contributed by atoms with Gasteiger partial charge in [-0.2, -0.15) is 0 Å². The first-order valence-electron chi connectivity index (χ1n) is 6.54. The van der Waals surface area contributed by atoms with Gasteiger partial charge in [-0.05, 0) is 30.5 Å². The van der Waals surface area contributed by atoms with Gasteiger partial charge in [0.05, 0.1) is 0 Å². The lowest BCUT2D eigenvalue weighted by Crippen LogP contribution is -2.47. The summed E-state index contributed by atoms with van der Waals surface area (Å²) >= 11 is 5.92. The highest BCUT2D eigenvalue weighted by atomic mass is 35.5. The molecule has 5 heteroatoms. The number of halogens is 1. The molecule has 1 rings (SSSR count). The fraction of sp³-hybridized carbons (Fsp3) is 0.467. The van der Waals surface area contributed by atoms with E-state index in [0.717, 1.165) is 5.56 Å². The Bertz CT molecular complexity index is 500. The van der Waals surface area contributed by atoms with Crippen LogP contribution in [0.3, 0.4) is 0 Å². The van der Waals surface area contributed by atoms with E-state index in [9.17, 15) is 9.59 Å². The van der Waals surface area contributed by atoms with Gasteiger partial charge in [0.25, 0.3) is 0 Å². The molecule has 1 amide bonds. The highest BCUT2D eigenvalue weighted by molar-refractivity contribution is 6.30. The molecular weight excluding hydrogens is 278 g/mol. The second-order valence-corrected chi connectivity index (χ2v) is 5.90. The molecule has 0 aliphatic heterocycles. The highest BCUT2D eigenvalue weighted by Crippen LogP contribution is 2.24. The highest BCUT2D eigenvalue weighted by Gasteiger charge is 2.31. The van der Waals surface area contributed by atoms with Crippen LogP contribution in [0.4, 0.5) is 0 Å². The van der Waals surface area contributed by atoms with Crippen LogP contribution < -0.4 is 5.32 Å². The standard InChI is InChI=1S/C15H20ClNO3/c1-4-12(13(18)19)17-14(20)15(2,3)9-10-6-5-7-11(16)8-10/h5-8,12H,4,9H2,1-3H3,(H,17,20)(H,18,19). The van der Waals surface area contributed by atoms with E-state index in [1.165, 1.54) is 0 Å². The molecule has 0 saturated heterocycles. The second kappa shape index (κ2) is 6.75. The van der Waals surface area contributed by atoms with Crippen molar-refractivity contribution in [2.45, 2.75) is 39.7 Å². The van der Waals surface area contributed by atoms with Crippen LogP contribution in [-0.4, -0.2) is 23.0 Å². The Morgan fingerprint density at radius 2 is 2.05 bits per heavy atom. The summed E-state index contributed by atoms with van der Waals surface area (Å²) < 4.78 is 0. The number of carbonyl (C=O) groups is 2. The van der Waals surface area contributed by atoms with Gasteiger partial charge in [0.1, 0.15) is 6.04 Å². The number of rotatable bonds is 6. The van der Waals surface area contributed by atoms with E-state index in [1.807, 2.05) is 18.2 Å². The van der Waals surface area contributed by atoms with E-state index >= 15 is 0 Å². The molecule has 0 saturated carbocycles. The van der Waals surface area contributed by atoms with Gasteiger partial charge in [-0.1, -0.05) is 44.5 Å². The molecule has 0 bridgehead atoms. The molecule has 0 fully saturated rings. The van der Waals surface area contributed by atoms with Crippen molar-refractivity contribution in [3.63, 3.8) is 0 Å². The van der Waals surface area contributed by atoms with E-state index in [2.05, 4.69) is 5.32 Å². The molecule has 4 nitrogen and oxygen atoms in total. The minimum Gasteiger partial charge on any atom is -0.480 e. The van der Waals surface area contributed by atoms with Gasteiger partial charge in [-0.3, -0.25) is 4.79 Å². The molecule has 1 atom stereocenters. The van der Waals surface area contributed by atoms with Crippen LogP contribution in [0.25, 0.3) is 0 Å². The summed E-state index contributed by atoms with van der Waals surface area (Å²) in [7, 11) is 0. The number of hydrogen-bond acceptors (Lipinski definition) is 2. The molecule has 0 aliphatic carbocycles. The van der Waals surface area contributed by atoms with Gasteiger partial charge in [-0.25, -0.2) is 4.79 Å². The molecule has 20 heavy (non-hydrogen) atoms. The largest absolute Gasteiger partial charge is 0.480 e. The SMILES string of the molecule is CCC(NC(=O)C(C)(C)Cc1cccc(Cl)c1)C(=O)O. The van der Waals surface area contributed by atoms with Crippen molar-refractivity contribution in [2.75, 3.05) is 0 Å². The van der Waals surface area contributed by atoms with E-state index in [0.29, 0.717) is 17.9 Å². The summed E-state index contributed by atoms with van der Waals surface area (Å²) in [6, 6.07) is 6.47. The third kappa shape index (κ3) is 4.53. The average Bonchev–Trinajstić information content (AvgIpc) is 2.34. The van der Waals surface area contributed by atoms with Crippen LogP contribution >= 0.6 is 11.6 Å².